The van der Waals surface area contributed by atoms with Crippen LogP contribution in [0.2, 0.25) is 0 Å². The van der Waals surface area contributed by atoms with Gasteiger partial charge < -0.3 is 4.74 Å². The van der Waals surface area contributed by atoms with Crippen molar-refractivity contribution < 1.29 is 4.74 Å². The molecule has 1 aromatic carbocycles. The number of aryl methyl sites for hydroxylation is 1. The summed E-state index contributed by atoms with van der Waals surface area (Å²) in [5, 5.41) is 8.12. The minimum absolute atomic E-state index is 0.225. The van der Waals surface area contributed by atoms with Crippen molar-refractivity contribution in [2.45, 2.75) is 25.2 Å². The van der Waals surface area contributed by atoms with Gasteiger partial charge in [-0.15, -0.1) is 5.10 Å². The molecule has 0 spiro atoms. The van der Waals surface area contributed by atoms with Crippen LogP contribution in [0.5, 0.6) is 5.75 Å². The summed E-state index contributed by atoms with van der Waals surface area (Å²) in [6, 6.07) is 7.99. The molecule has 0 aliphatic carbocycles. The normalized spacial score (nSPS) is 12.4. The second-order valence-electron chi connectivity index (χ2n) is 4.14. The molecule has 0 bridgehead atoms. The highest BCUT2D eigenvalue weighted by Gasteiger charge is 2.06. The van der Waals surface area contributed by atoms with E-state index in [4.69, 9.17) is 4.74 Å². The molecular formula is C13H16BrN3O. The van der Waals surface area contributed by atoms with E-state index in [1.54, 1.807) is 4.68 Å². The molecule has 96 valence electrons. The highest BCUT2D eigenvalue weighted by molar-refractivity contribution is 9.09. The zero-order valence-corrected chi connectivity index (χ0v) is 12.1. The van der Waals surface area contributed by atoms with Crippen LogP contribution in [-0.4, -0.2) is 21.6 Å². The third-order valence-corrected chi connectivity index (χ3v) is 3.10. The predicted molar refractivity (Wildman–Crippen MR) is 74.0 cm³/mol. The van der Waals surface area contributed by atoms with Gasteiger partial charge in [-0.25, -0.2) is 4.68 Å². The van der Waals surface area contributed by atoms with Gasteiger partial charge in [-0.2, -0.15) is 0 Å². The van der Waals surface area contributed by atoms with Crippen LogP contribution >= 0.6 is 15.9 Å². The van der Waals surface area contributed by atoms with E-state index >= 15 is 0 Å². The molecule has 0 fully saturated rings. The number of halogens is 1. The van der Waals surface area contributed by atoms with Crippen molar-refractivity contribution in [1.82, 2.24) is 15.0 Å². The average Bonchev–Trinajstić information content (AvgIpc) is 2.80. The fourth-order valence-corrected chi connectivity index (χ4v) is 1.78. The summed E-state index contributed by atoms with van der Waals surface area (Å²) in [7, 11) is 0. The third-order valence-electron chi connectivity index (χ3n) is 2.64. The summed E-state index contributed by atoms with van der Waals surface area (Å²) in [4.78, 5) is 0.225. The van der Waals surface area contributed by atoms with Crippen LogP contribution in [0.4, 0.5) is 0 Å². The second kappa shape index (κ2) is 6.00. The Morgan fingerprint density at radius 3 is 2.83 bits per heavy atom. The van der Waals surface area contributed by atoms with Crippen molar-refractivity contribution in [3.05, 3.63) is 41.7 Å². The topological polar surface area (TPSA) is 39.9 Å². The van der Waals surface area contributed by atoms with Crippen molar-refractivity contribution in [2.24, 2.45) is 0 Å². The summed E-state index contributed by atoms with van der Waals surface area (Å²) in [5.74, 6) is 0.923. The minimum atomic E-state index is 0.225. The molecule has 1 unspecified atom stereocenters. The van der Waals surface area contributed by atoms with E-state index < -0.39 is 0 Å². The van der Waals surface area contributed by atoms with Crippen LogP contribution in [0.25, 0.3) is 0 Å². The fraction of sp³-hybridized carbons (Fsp3) is 0.385. The molecule has 1 aromatic heterocycles. The number of alkyl halides is 1. The molecule has 5 heteroatoms. The molecule has 0 radical (unpaired) electrons. The Hall–Kier alpha value is -1.36. The minimum Gasteiger partial charge on any atom is -0.491 e. The molecule has 2 aromatic rings. The molecule has 0 N–H and O–H groups in total. The van der Waals surface area contributed by atoms with Crippen molar-refractivity contribution in [3.63, 3.8) is 0 Å². The number of rotatable bonds is 5. The summed E-state index contributed by atoms with van der Waals surface area (Å²) < 4.78 is 7.51. The molecule has 0 saturated carbocycles. The first-order valence-corrected chi connectivity index (χ1v) is 6.81. The summed E-state index contributed by atoms with van der Waals surface area (Å²) in [5.41, 5.74) is 2.08. The Morgan fingerprint density at radius 1 is 1.39 bits per heavy atom. The summed E-state index contributed by atoms with van der Waals surface area (Å²) >= 11 is 3.46. The number of ether oxygens (including phenoxy) is 1. The van der Waals surface area contributed by atoms with Gasteiger partial charge >= 0.3 is 0 Å². The van der Waals surface area contributed by atoms with E-state index in [9.17, 15) is 0 Å². The molecular weight excluding hydrogens is 294 g/mol. The van der Waals surface area contributed by atoms with Crippen LogP contribution < -0.4 is 4.74 Å². The lowest BCUT2D eigenvalue weighted by molar-refractivity contribution is 0.288. The van der Waals surface area contributed by atoms with Crippen LogP contribution in [0.1, 0.15) is 23.0 Å². The number of benzene rings is 1. The predicted octanol–water partition coefficient (Wildman–Crippen LogP) is 3.12. The van der Waals surface area contributed by atoms with Gasteiger partial charge in [0, 0.05) is 6.20 Å². The summed E-state index contributed by atoms with van der Waals surface area (Å²) in [6.45, 7) is 5.35. The van der Waals surface area contributed by atoms with Crippen LogP contribution in [-0.2, 0) is 6.54 Å². The average molecular weight is 310 g/mol. The number of nitrogens with zero attached hydrogens (tertiary/aromatic N) is 3. The molecule has 18 heavy (non-hydrogen) atoms. The van der Waals surface area contributed by atoms with Crippen molar-refractivity contribution >= 4 is 15.9 Å². The van der Waals surface area contributed by atoms with Gasteiger partial charge in [0.15, 0.2) is 0 Å². The quantitative estimate of drug-likeness (QED) is 0.797. The van der Waals surface area contributed by atoms with Crippen LogP contribution in [0.15, 0.2) is 30.5 Å². The van der Waals surface area contributed by atoms with Gasteiger partial charge in [-0.1, -0.05) is 39.3 Å². The first-order valence-electron chi connectivity index (χ1n) is 5.89. The van der Waals surface area contributed by atoms with Crippen LogP contribution in [0, 0.1) is 6.92 Å². The largest absolute Gasteiger partial charge is 0.491 e. The Bertz CT molecular complexity index is 510. The lowest BCUT2D eigenvalue weighted by Gasteiger charge is -2.08. The smallest absolute Gasteiger partial charge is 0.122 e. The lowest BCUT2D eigenvalue weighted by atomic mass is 10.2. The number of para-hydroxylation sites is 1. The second-order valence-corrected chi connectivity index (χ2v) is 5.51. The van der Waals surface area contributed by atoms with Crippen LogP contribution in [0.3, 0.4) is 0 Å². The maximum atomic E-state index is 5.71. The maximum Gasteiger partial charge on any atom is 0.122 e. The van der Waals surface area contributed by atoms with E-state index in [-0.39, 0.29) is 4.83 Å². The van der Waals surface area contributed by atoms with E-state index in [2.05, 4.69) is 26.2 Å². The standard InChI is InChI=1S/C13H16BrN3O/c1-10-5-3-4-6-13(10)18-8-7-17-9-12(11(2)14)15-16-17/h3-6,9,11H,7-8H2,1-2H3. The number of hydrogen-bond donors (Lipinski definition) is 0. The Morgan fingerprint density at radius 2 is 2.17 bits per heavy atom. The molecule has 1 atom stereocenters. The molecule has 1 heterocycles. The number of aromatic nitrogens is 3. The molecule has 2 rings (SSSR count). The highest BCUT2D eigenvalue weighted by Crippen LogP contribution is 2.18. The Balaban J connectivity index is 1.87. The zero-order valence-electron chi connectivity index (χ0n) is 10.5. The lowest BCUT2D eigenvalue weighted by Crippen LogP contribution is -2.09. The van der Waals surface area contributed by atoms with Gasteiger partial charge in [0.05, 0.1) is 17.1 Å². The zero-order chi connectivity index (χ0) is 13.0. The van der Waals surface area contributed by atoms with E-state index in [0.29, 0.717) is 13.2 Å². The molecule has 0 amide bonds. The van der Waals surface area contributed by atoms with Gasteiger partial charge in [0.1, 0.15) is 12.4 Å². The highest BCUT2D eigenvalue weighted by atomic mass is 79.9. The van der Waals surface area contributed by atoms with Gasteiger partial charge in [0.25, 0.3) is 0 Å². The monoisotopic (exact) mass is 309 g/mol. The summed E-state index contributed by atoms with van der Waals surface area (Å²) in [6.07, 6.45) is 1.93. The van der Waals surface area contributed by atoms with Crippen molar-refractivity contribution in [3.8, 4) is 5.75 Å². The SMILES string of the molecule is Cc1ccccc1OCCn1cc(C(C)Br)nn1. The van der Waals surface area contributed by atoms with Gasteiger partial charge in [-0.3, -0.25) is 0 Å². The van der Waals surface area contributed by atoms with E-state index in [0.717, 1.165) is 17.0 Å². The van der Waals surface area contributed by atoms with Gasteiger partial charge in [0.2, 0.25) is 0 Å². The Labute approximate surface area is 115 Å². The van der Waals surface area contributed by atoms with E-state index in [1.807, 2.05) is 44.3 Å². The van der Waals surface area contributed by atoms with Crippen molar-refractivity contribution in [2.75, 3.05) is 6.61 Å². The first kappa shape index (κ1) is 13.1. The van der Waals surface area contributed by atoms with E-state index in [1.165, 1.54) is 0 Å². The molecule has 4 nitrogen and oxygen atoms in total. The molecule has 0 saturated heterocycles. The Kier molecular flexibility index (Phi) is 4.36. The maximum absolute atomic E-state index is 5.71. The van der Waals surface area contributed by atoms with Gasteiger partial charge in [-0.05, 0) is 25.5 Å². The number of hydrogen-bond acceptors (Lipinski definition) is 3. The third kappa shape index (κ3) is 3.32. The first-order chi connectivity index (χ1) is 8.66. The fourth-order valence-electron chi connectivity index (χ4n) is 1.57. The van der Waals surface area contributed by atoms with Crippen molar-refractivity contribution in [1.29, 1.82) is 0 Å². The molecule has 0 aliphatic rings. The molecule has 0 aliphatic heterocycles.